The number of hydrogen-bond acceptors (Lipinski definition) is 4. The van der Waals surface area contributed by atoms with Crippen LogP contribution in [-0.4, -0.2) is 55.2 Å². The molecule has 2 rings (SSSR count). The Hall–Kier alpha value is -0.650. The Morgan fingerprint density at radius 2 is 1.86 bits per heavy atom. The van der Waals surface area contributed by atoms with Crippen LogP contribution in [0.3, 0.4) is 0 Å². The van der Waals surface area contributed by atoms with Gasteiger partial charge in [-0.3, -0.25) is 9.69 Å². The van der Waals surface area contributed by atoms with Crippen LogP contribution in [0.4, 0.5) is 0 Å². The van der Waals surface area contributed by atoms with E-state index in [0.717, 1.165) is 64.7 Å². The Bertz CT molecular complexity index is 311. The summed E-state index contributed by atoms with van der Waals surface area (Å²) in [6.45, 7) is 5.25. The number of nitrogens with zero attached hydrogens (tertiary/aromatic N) is 1. The number of carbonyl (C=O) groups excluding carboxylic acids is 1. The molecule has 1 saturated carbocycles. The fraction of sp³-hybridized carbons (Fsp3) is 0.938. The minimum Gasteiger partial charge on any atom is -0.381 e. The molecule has 0 bridgehead atoms. The molecule has 2 fully saturated rings. The number of hydrogen-bond donors (Lipinski definition) is 2. The molecule has 21 heavy (non-hydrogen) atoms. The van der Waals surface area contributed by atoms with E-state index in [2.05, 4.69) is 17.1 Å². The molecule has 1 saturated heterocycles. The van der Waals surface area contributed by atoms with Crippen LogP contribution in [0.2, 0.25) is 0 Å². The maximum absolute atomic E-state index is 12.3. The first-order chi connectivity index (χ1) is 10.2. The summed E-state index contributed by atoms with van der Waals surface area (Å²) in [5.41, 5.74) is 5.99. The third-order valence-electron chi connectivity index (χ3n) is 4.70. The molecule has 0 radical (unpaired) electrons. The number of carbonyl (C=O) groups is 1. The van der Waals surface area contributed by atoms with Gasteiger partial charge in [0.05, 0.1) is 6.54 Å². The van der Waals surface area contributed by atoms with Gasteiger partial charge in [0.2, 0.25) is 5.91 Å². The lowest BCUT2D eigenvalue weighted by Crippen LogP contribution is -2.48. The first kappa shape index (κ1) is 16.7. The third kappa shape index (κ3) is 5.57. The zero-order valence-electron chi connectivity index (χ0n) is 13.4. The summed E-state index contributed by atoms with van der Waals surface area (Å²) < 4.78 is 5.33. The minimum atomic E-state index is 0.172. The van der Waals surface area contributed by atoms with E-state index in [1.54, 1.807) is 0 Å². The van der Waals surface area contributed by atoms with E-state index in [-0.39, 0.29) is 5.91 Å². The molecule has 5 nitrogen and oxygen atoms in total. The van der Waals surface area contributed by atoms with Crippen molar-refractivity contribution in [1.29, 1.82) is 0 Å². The van der Waals surface area contributed by atoms with Crippen LogP contribution in [0.25, 0.3) is 0 Å². The highest BCUT2D eigenvalue weighted by atomic mass is 16.5. The van der Waals surface area contributed by atoms with E-state index < -0.39 is 0 Å². The van der Waals surface area contributed by atoms with Crippen molar-refractivity contribution < 1.29 is 9.53 Å². The number of amides is 1. The quantitative estimate of drug-likeness (QED) is 0.774. The average Bonchev–Trinajstić information content (AvgIpc) is 2.48. The number of ether oxygens (including phenoxy) is 1. The van der Waals surface area contributed by atoms with E-state index >= 15 is 0 Å². The van der Waals surface area contributed by atoms with Gasteiger partial charge in [-0.25, -0.2) is 0 Å². The lowest BCUT2D eigenvalue weighted by molar-refractivity contribution is -0.124. The standard InChI is InChI=1S/C16H31N3O2/c1-2-9-19(15-5-3-13(17)4-6-15)12-16(20)18-14-7-10-21-11-8-14/h13-15H,2-12,17H2,1H3,(H,18,20). The largest absolute Gasteiger partial charge is 0.381 e. The molecular formula is C16H31N3O2. The fourth-order valence-electron chi connectivity index (χ4n) is 3.44. The zero-order valence-corrected chi connectivity index (χ0v) is 13.4. The van der Waals surface area contributed by atoms with Gasteiger partial charge >= 0.3 is 0 Å². The topological polar surface area (TPSA) is 67.6 Å². The lowest BCUT2D eigenvalue weighted by atomic mass is 9.90. The molecule has 3 N–H and O–H groups in total. The molecule has 5 heteroatoms. The van der Waals surface area contributed by atoms with Crippen LogP contribution in [0.15, 0.2) is 0 Å². The normalized spacial score (nSPS) is 27.8. The van der Waals surface area contributed by atoms with E-state index in [1.807, 2.05) is 0 Å². The van der Waals surface area contributed by atoms with Crippen molar-refractivity contribution in [3.05, 3.63) is 0 Å². The molecule has 0 atom stereocenters. The Labute approximate surface area is 128 Å². The maximum atomic E-state index is 12.3. The Morgan fingerprint density at radius 3 is 2.48 bits per heavy atom. The van der Waals surface area contributed by atoms with Gasteiger partial charge < -0.3 is 15.8 Å². The second-order valence-corrected chi connectivity index (χ2v) is 6.49. The monoisotopic (exact) mass is 297 g/mol. The van der Waals surface area contributed by atoms with Crippen LogP contribution in [0.5, 0.6) is 0 Å². The van der Waals surface area contributed by atoms with Crippen LogP contribution in [-0.2, 0) is 9.53 Å². The van der Waals surface area contributed by atoms with E-state index in [1.165, 1.54) is 0 Å². The Morgan fingerprint density at radius 1 is 1.19 bits per heavy atom. The van der Waals surface area contributed by atoms with Gasteiger partial charge in [0.15, 0.2) is 0 Å². The Kier molecular flexibility index (Phi) is 6.93. The van der Waals surface area contributed by atoms with Crippen molar-refractivity contribution in [1.82, 2.24) is 10.2 Å². The summed E-state index contributed by atoms with van der Waals surface area (Å²) in [7, 11) is 0. The maximum Gasteiger partial charge on any atom is 0.234 e. The molecule has 0 aromatic heterocycles. The van der Waals surface area contributed by atoms with Gasteiger partial charge in [-0.1, -0.05) is 6.92 Å². The van der Waals surface area contributed by atoms with Crippen molar-refractivity contribution in [2.24, 2.45) is 5.73 Å². The molecule has 1 amide bonds. The molecule has 1 heterocycles. The van der Waals surface area contributed by atoms with Crippen molar-refractivity contribution >= 4 is 5.91 Å². The van der Waals surface area contributed by atoms with Gasteiger partial charge in [0.25, 0.3) is 0 Å². The summed E-state index contributed by atoms with van der Waals surface area (Å²) in [5.74, 6) is 0.172. The molecule has 1 aliphatic heterocycles. The predicted octanol–water partition coefficient (Wildman–Crippen LogP) is 1.26. The van der Waals surface area contributed by atoms with E-state index in [4.69, 9.17) is 10.5 Å². The van der Waals surface area contributed by atoms with Crippen molar-refractivity contribution in [2.45, 2.75) is 70.0 Å². The number of nitrogens with two attached hydrogens (primary N) is 1. The summed E-state index contributed by atoms with van der Waals surface area (Å²) in [6, 6.07) is 1.19. The van der Waals surface area contributed by atoms with Gasteiger partial charge in [-0.2, -0.15) is 0 Å². The lowest BCUT2D eigenvalue weighted by Gasteiger charge is -2.36. The molecule has 0 aromatic rings. The highest BCUT2D eigenvalue weighted by Gasteiger charge is 2.26. The predicted molar refractivity (Wildman–Crippen MR) is 84.1 cm³/mol. The molecule has 0 aromatic carbocycles. The zero-order chi connectivity index (χ0) is 15.1. The first-order valence-electron chi connectivity index (χ1n) is 8.55. The molecular weight excluding hydrogens is 266 g/mol. The van der Waals surface area contributed by atoms with Crippen molar-refractivity contribution in [2.75, 3.05) is 26.3 Å². The van der Waals surface area contributed by atoms with Crippen molar-refractivity contribution in [3.8, 4) is 0 Å². The second-order valence-electron chi connectivity index (χ2n) is 6.49. The molecule has 1 aliphatic carbocycles. The highest BCUT2D eigenvalue weighted by Crippen LogP contribution is 2.22. The van der Waals surface area contributed by atoms with Gasteiger partial charge in [-0.05, 0) is 51.5 Å². The SMILES string of the molecule is CCCN(CC(=O)NC1CCOCC1)C1CCC(N)CC1. The van der Waals surface area contributed by atoms with Crippen LogP contribution in [0.1, 0.15) is 51.9 Å². The smallest absolute Gasteiger partial charge is 0.234 e. The summed E-state index contributed by atoms with van der Waals surface area (Å²) >= 11 is 0. The Balaban J connectivity index is 1.79. The van der Waals surface area contributed by atoms with E-state index in [0.29, 0.717) is 24.7 Å². The number of rotatable bonds is 6. The minimum absolute atomic E-state index is 0.172. The fourth-order valence-corrected chi connectivity index (χ4v) is 3.44. The number of nitrogens with one attached hydrogen (secondary N) is 1. The molecule has 2 aliphatic rings. The molecule has 0 unspecified atom stereocenters. The van der Waals surface area contributed by atoms with Gasteiger partial charge in [0, 0.05) is 31.3 Å². The first-order valence-corrected chi connectivity index (χ1v) is 8.55. The van der Waals surface area contributed by atoms with Crippen molar-refractivity contribution in [3.63, 3.8) is 0 Å². The molecule has 122 valence electrons. The molecule has 0 spiro atoms. The third-order valence-corrected chi connectivity index (χ3v) is 4.70. The van der Waals surface area contributed by atoms with Crippen LogP contribution >= 0.6 is 0 Å². The summed E-state index contributed by atoms with van der Waals surface area (Å²) in [4.78, 5) is 14.6. The van der Waals surface area contributed by atoms with Crippen LogP contribution in [0, 0.1) is 0 Å². The average molecular weight is 297 g/mol. The van der Waals surface area contributed by atoms with Gasteiger partial charge in [0.1, 0.15) is 0 Å². The summed E-state index contributed by atoms with van der Waals surface area (Å²) in [5, 5.41) is 3.17. The van der Waals surface area contributed by atoms with Gasteiger partial charge in [-0.15, -0.1) is 0 Å². The highest BCUT2D eigenvalue weighted by molar-refractivity contribution is 5.78. The summed E-state index contributed by atoms with van der Waals surface area (Å²) in [6.07, 6.45) is 7.42. The van der Waals surface area contributed by atoms with E-state index in [9.17, 15) is 4.79 Å². The second kappa shape index (κ2) is 8.71. The van der Waals surface area contributed by atoms with Crippen LogP contribution < -0.4 is 11.1 Å².